The van der Waals surface area contributed by atoms with Crippen molar-refractivity contribution in [2.75, 3.05) is 6.61 Å². The van der Waals surface area contributed by atoms with Crippen molar-refractivity contribution in [1.82, 2.24) is 0 Å². The lowest BCUT2D eigenvalue weighted by molar-refractivity contribution is -0.115. The lowest BCUT2D eigenvalue weighted by Gasteiger charge is -2.27. The van der Waals surface area contributed by atoms with Crippen molar-refractivity contribution in [3.63, 3.8) is 0 Å². The molecular formula is C28H29NO3. The average Bonchev–Trinajstić information content (AvgIpc) is 2.83. The van der Waals surface area contributed by atoms with Gasteiger partial charge in [-0.25, -0.2) is 0 Å². The minimum absolute atomic E-state index is 0.0211. The van der Waals surface area contributed by atoms with Crippen LogP contribution in [0.15, 0.2) is 89.1 Å². The summed E-state index contributed by atoms with van der Waals surface area (Å²) < 4.78 is 0. The van der Waals surface area contributed by atoms with E-state index in [0.717, 1.165) is 21.9 Å². The van der Waals surface area contributed by atoms with Crippen molar-refractivity contribution in [2.24, 2.45) is 4.99 Å². The Balaban J connectivity index is 1.74. The van der Waals surface area contributed by atoms with Gasteiger partial charge in [0.2, 0.25) is 0 Å². The van der Waals surface area contributed by atoms with Gasteiger partial charge in [0.15, 0.2) is 5.78 Å². The van der Waals surface area contributed by atoms with Crippen molar-refractivity contribution in [2.45, 2.75) is 44.6 Å². The van der Waals surface area contributed by atoms with Gasteiger partial charge in [0, 0.05) is 12.8 Å². The molecule has 0 aliphatic heterocycles. The van der Waals surface area contributed by atoms with E-state index in [1.165, 1.54) is 0 Å². The van der Waals surface area contributed by atoms with E-state index < -0.39 is 0 Å². The topological polar surface area (TPSA) is 69.9 Å². The number of nitrogens with zero attached hydrogens (tertiary/aromatic N) is 1. The lowest BCUT2D eigenvalue weighted by atomic mass is 9.78. The molecule has 32 heavy (non-hydrogen) atoms. The van der Waals surface area contributed by atoms with Gasteiger partial charge in [-0.15, -0.1) is 0 Å². The fourth-order valence-corrected chi connectivity index (χ4v) is 4.50. The Hall–Kier alpha value is -3.24. The van der Waals surface area contributed by atoms with Crippen LogP contribution in [0.5, 0.6) is 0 Å². The van der Waals surface area contributed by atoms with E-state index in [9.17, 15) is 15.0 Å². The van der Waals surface area contributed by atoms with E-state index in [0.29, 0.717) is 30.5 Å². The van der Waals surface area contributed by atoms with Crippen LogP contribution in [0, 0.1) is 0 Å². The third-order valence-electron chi connectivity index (χ3n) is 6.26. The zero-order chi connectivity index (χ0) is 22.5. The first-order chi connectivity index (χ1) is 15.6. The highest BCUT2D eigenvalue weighted by Gasteiger charge is 2.33. The molecule has 2 atom stereocenters. The molecule has 0 saturated heterocycles. The van der Waals surface area contributed by atoms with Crippen LogP contribution in [0.25, 0.3) is 10.8 Å². The van der Waals surface area contributed by atoms with E-state index in [1.54, 1.807) is 0 Å². The summed E-state index contributed by atoms with van der Waals surface area (Å²) in [5, 5.41) is 23.0. The summed E-state index contributed by atoms with van der Waals surface area (Å²) in [7, 11) is 0. The SMILES string of the molecule is CCC(CO)N=C1CC(c2ccccc2)CC(=O)C1=C(O)Cc1cccc2ccccc12. The molecule has 2 unspecified atom stereocenters. The monoisotopic (exact) mass is 427 g/mol. The molecule has 1 aliphatic carbocycles. The highest BCUT2D eigenvalue weighted by Crippen LogP contribution is 2.34. The summed E-state index contributed by atoms with van der Waals surface area (Å²) in [4.78, 5) is 18.0. The highest BCUT2D eigenvalue weighted by molar-refractivity contribution is 6.25. The lowest BCUT2D eigenvalue weighted by Crippen LogP contribution is -2.28. The summed E-state index contributed by atoms with van der Waals surface area (Å²) >= 11 is 0. The standard InChI is InChI=1S/C28H29NO3/c1-2-23(18-30)29-25-15-22(19-9-4-3-5-10-19)17-27(32)28(25)26(31)16-21-13-8-12-20-11-6-7-14-24(20)21/h3-14,22-23,30-31H,2,15-18H2,1H3. The molecule has 0 heterocycles. The second-order valence-corrected chi connectivity index (χ2v) is 8.40. The number of aliphatic hydroxyl groups is 2. The fraction of sp³-hybridized carbons (Fsp3) is 0.286. The van der Waals surface area contributed by atoms with Gasteiger partial charge in [-0.2, -0.15) is 0 Å². The normalized spacial score (nSPS) is 20.5. The van der Waals surface area contributed by atoms with Crippen LogP contribution < -0.4 is 0 Å². The van der Waals surface area contributed by atoms with E-state index in [1.807, 2.05) is 79.7 Å². The average molecular weight is 428 g/mol. The van der Waals surface area contributed by atoms with E-state index >= 15 is 0 Å². The smallest absolute Gasteiger partial charge is 0.168 e. The maximum Gasteiger partial charge on any atom is 0.168 e. The number of carbonyl (C=O) groups is 1. The molecule has 4 nitrogen and oxygen atoms in total. The molecule has 3 aromatic carbocycles. The van der Waals surface area contributed by atoms with Gasteiger partial charge in [-0.05, 0) is 40.7 Å². The molecule has 164 valence electrons. The molecule has 4 rings (SSSR count). The van der Waals surface area contributed by atoms with Crippen LogP contribution in [0.2, 0.25) is 0 Å². The van der Waals surface area contributed by atoms with Gasteiger partial charge in [-0.1, -0.05) is 79.7 Å². The van der Waals surface area contributed by atoms with Crippen LogP contribution in [0.3, 0.4) is 0 Å². The number of rotatable bonds is 6. The third-order valence-corrected chi connectivity index (χ3v) is 6.26. The largest absolute Gasteiger partial charge is 0.511 e. The van der Waals surface area contributed by atoms with Gasteiger partial charge in [-0.3, -0.25) is 9.79 Å². The van der Waals surface area contributed by atoms with E-state index in [4.69, 9.17) is 4.99 Å². The minimum atomic E-state index is -0.285. The molecule has 2 N–H and O–H groups in total. The minimum Gasteiger partial charge on any atom is -0.511 e. The van der Waals surface area contributed by atoms with Crippen LogP contribution in [0.4, 0.5) is 0 Å². The number of ketones is 1. The molecule has 0 amide bonds. The molecule has 0 bridgehead atoms. The quantitative estimate of drug-likeness (QED) is 0.400. The molecule has 1 saturated carbocycles. The third kappa shape index (κ3) is 4.66. The summed E-state index contributed by atoms with van der Waals surface area (Å²) in [6, 6.07) is 23.7. The van der Waals surface area contributed by atoms with Gasteiger partial charge >= 0.3 is 0 Å². The predicted molar refractivity (Wildman–Crippen MR) is 129 cm³/mol. The van der Waals surface area contributed by atoms with Crippen molar-refractivity contribution in [1.29, 1.82) is 0 Å². The number of aliphatic hydroxyl groups excluding tert-OH is 2. The van der Waals surface area contributed by atoms with Gasteiger partial charge in [0.1, 0.15) is 5.76 Å². The Bertz CT molecular complexity index is 1150. The summed E-state index contributed by atoms with van der Waals surface area (Å²) in [6.45, 7) is 1.88. The summed E-state index contributed by atoms with van der Waals surface area (Å²) in [6.07, 6.45) is 1.85. The molecule has 4 heteroatoms. The first-order valence-corrected chi connectivity index (χ1v) is 11.3. The Morgan fingerprint density at radius 1 is 1.00 bits per heavy atom. The van der Waals surface area contributed by atoms with Crippen LogP contribution in [-0.2, 0) is 11.2 Å². The van der Waals surface area contributed by atoms with Crippen molar-refractivity contribution >= 4 is 22.3 Å². The number of fused-ring (bicyclic) bond motifs is 1. The molecular weight excluding hydrogens is 398 g/mol. The van der Waals surface area contributed by atoms with Crippen LogP contribution >= 0.6 is 0 Å². The molecule has 0 spiro atoms. The number of hydrogen-bond acceptors (Lipinski definition) is 4. The number of aliphatic imine (C=N–C) groups is 1. The summed E-state index contributed by atoms with van der Waals surface area (Å²) in [5.74, 6) is -0.00783. The van der Waals surface area contributed by atoms with Crippen LogP contribution in [0.1, 0.15) is 43.2 Å². The zero-order valence-corrected chi connectivity index (χ0v) is 18.4. The maximum atomic E-state index is 13.3. The molecule has 1 aliphatic rings. The number of allylic oxidation sites excluding steroid dienone is 2. The van der Waals surface area contributed by atoms with Crippen molar-refractivity contribution < 1.29 is 15.0 Å². The molecule has 1 fully saturated rings. The van der Waals surface area contributed by atoms with Gasteiger partial charge < -0.3 is 10.2 Å². The molecule has 0 aromatic heterocycles. The molecule has 3 aromatic rings. The van der Waals surface area contributed by atoms with E-state index in [2.05, 4.69) is 0 Å². The van der Waals surface area contributed by atoms with Gasteiger partial charge in [0.25, 0.3) is 0 Å². The number of carbonyl (C=O) groups excluding carboxylic acids is 1. The van der Waals surface area contributed by atoms with Crippen LogP contribution in [-0.4, -0.2) is 34.4 Å². The first kappa shape index (κ1) is 22.0. The highest BCUT2D eigenvalue weighted by atomic mass is 16.3. The Morgan fingerprint density at radius 2 is 1.72 bits per heavy atom. The second-order valence-electron chi connectivity index (χ2n) is 8.40. The number of Topliss-reactive ketones (excluding diaryl/α,β-unsaturated/α-hetero) is 1. The fourth-order valence-electron chi connectivity index (χ4n) is 4.50. The Kier molecular flexibility index (Phi) is 6.81. The molecule has 0 radical (unpaired) electrons. The predicted octanol–water partition coefficient (Wildman–Crippen LogP) is 5.55. The number of hydrogen-bond donors (Lipinski definition) is 2. The first-order valence-electron chi connectivity index (χ1n) is 11.3. The zero-order valence-electron chi connectivity index (χ0n) is 18.4. The Morgan fingerprint density at radius 3 is 2.47 bits per heavy atom. The summed E-state index contributed by atoms with van der Waals surface area (Å²) in [5.41, 5.74) is 3.00. The second kappa shape index (κ2) is 9.92. The van der Waals surface area contributed by atoms with E-state index in [-0.39, 0.29) is 36.5 Å². The number of benzene rings is 3. The maximum absolute atomic E-state index is 13.3. The Labute approximate surface area is 188 Å². The van der Waals surface area contributed by atoms with Crippen molar-refractivity contribution in [3.8, 4) is 0 Å². The van der Waals surface area contributed by atoms with Gasteiger partial charge in [0.05, 0.1) is 23.9 Å². The van der Waals surface area contributed by atoms with Crippen molar-refractivity contribution in [3.05, 3.63) is 95.3 Å².